The molecule has 1 aliphatic heterocycles. The van der Waals surface area contributed by atoms with E-state index in [1.165, 1.54) is 28.2 Å². The van der Waals surface area contributed by atoms with Crippen molar-refractivity contribution < 1.29 is 0 Å². The lowest BCUT2D eigenvalue weighted by atomic mass is 9.79. The minimum absolute atomic E-state index is 0.101. The van der Waals surface area contributed by atoms with E-state index in [1.54, 1.807) is 5.38 Å². The van der Waals surface area contributed by atoms with E-state index in [0.717, 1.165) is 18.5 Å². The van der Waals surface area contributed by atoms with E-state index in [4.69, 9.17) is 5.73 Å². The number of nitrogens with two attached hydrogens (primary N) is 1. The van der Waals surface area contributed by atoms with Crippen LogP contribution in [0.1, 0.15) is 49.8 Å². The van der Waals surface area contributed by atoms with Crippen molar-refractivity contribution in [3.05, 3.63) is 70.6 Å². The van der Waals surface area contributed by atoms with Crippen LogP contribution in [0.25, 0.3) is 0 Å². The Morgan fingerprint density at radius 1 is 1.28 bits per heavy atom. The zero-order chi connectivity index (χ0) is 20.4. The minimum atomic E-state index is 0.101. The Balaban J connectivity index is 1.59. The van der Waals surface area contributed by atoms with Gasteiger partial charge in [-0.3, -0.25) is 5.43 Å². The molecule has 150 valence electrons. The number of nitrogens with zero attached hydrogens (tertiary/aromatic N) is 3. The number of fused-ring (bicyclic) bond motifs is 1. The molecule has 4 rings (SSSR count). The second kappa shape index (κ2) is 7.87. The first-order valence-corrected chi connectivity index (χ1v) is 10.8. The SMILES string of the molecule is CC1CC(C)(C)N(Cc2ccccc2)c2ccc(C=NNc3nc(N)cs3)cc21. The van der Waals surface area contributed by atoms with Gasteiger partial charge >= 0.3 is 0 Å². The van der Waals surface area contributed by atoms with Crippen LogP contribution in [0.5, 0.6) is 0 Å². The molecule has 0 aliphatic carbocycles. The van der Waals surface area contributed by atoms with Crippen molar-refractivity contribution >= 4 is 34.2 Å². The van der Waals surface area contributed by atoms with Crippen LogP contribution in [0, 0.1) is 0 Å². The van der Waals surface area contributed by atoms with E-state index in [9.17, 15) is 0 Å². The first-order valence-electron chi connectivity index (χ1n) is 9.88. The predicted octanol–water partition coefficient (Wildman–Crippen LogP) is 5.46. The van der Waals surface area contributed by atoms with Gasteiger partial charge in [-0.25, -0.2) is 4.98 Å². The number of hydrazone groups is 1. The van der Waals surface area contributed by atoms with Crippen molar-refractivity contribution in [2.75, 3.05) is 16.1 Å². The van der Waals surface area contributed by atoms with Gasteiger partial charge < -0.3 is 10.6 Å². The van der Waals surface area contributed by atoms with Crippen LogP contribution >= 0.6 is 11.3 Å². The van der Waals surface area contributed by atoms with Gasteiger partial charge in [0.05, 0.1) is 6.21 Å². The summed E-state index contributed by atoms with van der Waals surface area (Å²) in [5, 5.41) is 6.81. The molecule has 6 heteroatoms. The van der Waals surface area contributed by atoms with Gasteiger partial charge in [0, 0.05) is 23.2 Å². The van der Waals surface area contributed by atoms with Gasteiger partial charge in [0.15, 0.2) is 0 Å². The maximum Gasteiger partial charge on any atom is 0.205 e. The molecule has 1 aromatic heterocycles. The number of anilines is 3. The van der Waals surface area contributed by atoms with Gasteiger partial charge in [0.25, 0.3) is 0 Å². The van der Waals surface area contributed by atoms with Crippen molar-refractivity contribution in [3.8, 4) is 0 Å². The van der Waals surface area contributed by atoms with Crippen molar-refractivity contribution in [2.45, 2.75) is 45.2 Å². The summed E-state index contributed by atoms with van der Waals surface area (Å²) in [6.45, 7) is 7.91. The highest BCUT2D eigenvalue weighted by Gasteiger charge is 2.36. The summed E-state index contributed by atoms with van der Waals surface area (Å²) < 4.78 is 0. The molecule has 0 spiro atoms. The van der Waals surface area contributed by atoms with E-state index >= 15 is 0 Å². The van der Waals surface area contributed by atoms with E-state index in [1.807, 2.05) is 6.21 Å². The molecule has 2 heterocycles. The first kappa shape index (κ1) is 19.5. The smallest absolute Gasteiger partial charge is 0.205 e. The average molecular weight is 406 g/mol. The van der Waals surface area contributed by atoms with Crippen LogP contribution in [0.3, 0.4) is 0 Å². The molecule has 1 aliphatic rings. The molecular formula is C23H27N5S. The fraction of sp³-hybridized carbons (Fsp3) is 0.304. The molecule has 0 amide bonds. The summed E-state index contributed by atoms with van der Waals surface area (Å²) in [4.78, 5) is 6.69. The van der Waals surface area contributed by atoms with E-state index in [2.05, 4.69) is 89.7 Å². The third kappa shape index (κ3) is 4.27. The standard InChI is InChI=1S/C23H27N5S/c1-16-12-23(2,3)28(14-17-7-5-4-6-8-17)20-10-9-18(11-19(16)20)13-25-27-22-26-21(24)15-29-22/h4-11,13,15-16H,12,14,24H2,1-3H3,(H,26,27). The molecule has 3 N–H and O–H groups in total. The highest BCUT2D eigenvalue weighted by atomic mass is 32.1. The topological polar surface area (TPSA) is 66.5 Å². The molecular weight excluding hydrogens is 378 g/mol. The average Bonchev–Trinajstić information content (AvgIpc) is 3.11. The van der Waals surface area contributed by atoms with E-state index in [-0.39, 0.29) is 5.54 Å². The van der Waals surface area contributed by atoms with Gasteiger partial charge in [-0.2, -0.15) is 5.10 Å². The first-order chi connectivity index (χ1) is 13.9. The number of thiazole rings is 1. The van der Waals surface area contributed by atoms with Crippen LogP contribution in [0.15, 0.2) is 59.0 Å². The normalized spacial score (nSPS) is 18.0. The maximum atomic E-state index is 5.65. The zero-order valence-electron chi connectivity index (χ0n) is 17.1. The van der Waals surface area contributed by atoms with Gasteiger partial charge in [-0.05, 0) is 55.0 Å². The Hall–Kier alpha value is -2.86. The van der Waals surface area contributed by atoms with Crippen LogP contribution in [-0.4, -0.2) is 16.7 Å². The summed E-state index contributed by atoms with van der Waals surface area (Å²) in [6, 6.07) is 17.3. The van der Waals surface area contributed by atoms with Gasteiger partial charge in [-0.15, -0.1) is 11.3 Å². The molecule has 0 radical (unpaired) electrons. The van der Waals surface area contributed by atoms with Crippen molar-refractivity contribution in [2.24, 2.45) is 5.10 Å². The molecule has 0 saturated heterocycles. The number of rotatable bonds is 5. The largest absolute Gasteiger partial charge is 0.383 e. The Labute approximate surface area is 176 Å². The summed E-state index contributed by atoms with van der Waals surface area (Å²) in [5.41, 5.74) is 13.8. The molecule has 3 aromatic rings. The van der Waals surface area contributed by atoms with Gasteiger partial charge in [-0.1, -0.05) is 43.3 Å². The number of aromatic nitrogens is 1. The zero-order valence-corrected chi connectivity index (χ0v) is 17.9. The van der Waals surface area contributed by atoms with Gasteiger partial charge in [0.1, 0.15) is 5.82 Å². The Morgan fingerprint density at radius 2 is 2.07 bits per heavy atom. The number of hydrogen-bond acceptors (Lipinski definition) is 6. The molecule has 1 unspecified atom stereocenters. The molecule has 29 heavy (non-hydrogen) atoms. The second-order valence-corrected chi connectivity index (χ2v) is 9.11. The highest BCUT2D eigenvalue weighted by molar-refractivity contribution is 7.14. The van der Waals surface area contributed by atoms with E-state index < -0.39 is 0 Å². The van der Waals surface area contributed by atoms with Crippen LogP contribution in [-0.2, 0) is 6.54 Å². The Morgan fingerprint density at radius 3 is 2.79 bits per heavy atom. The van der Waals surface area contributed by atoms with Crippen molar-refractivity contribution in [3.63, 3.8) is 0 Å². The molecule has 1 atom stereocenters. The highest BCUT2D eigenvalue weighted by Crippen LogP contribution is 2.44. The lowest BCUT2D eigenvalue weighted by molar-refractivity contribution is 0.374. The summed E-state index contributed by atoms with van der Waals surface area (Å²) >= 11 is 1.44. The Bertz CT molecular complexity index is 1010. The third-order valence-corrected chi connectivity index (χ3v) is 6.25. The van der Waals surface area contributed by atoms with Crippen molar-refractivity contribution in [1.29, 1.82) is 0 Å². The number of nitrogens with one attached hydrogen (secondary N) is 1. The maximum absolute atomic E-state index is 5.65. The third-order valence-electron chi connectivity index (χ3n) is 5.49. The van der Waals surface area contributed by atoms with Crippen molar-refractivity contribution in [1.82, 2.24) is 4.98 Å². The lowest BCUT2D eigenvalue weighted by Gasteiger charge is -2.47. The summed E-state index contributed by atoms with van der Waals surface area (Å²) in [6.07, 6.45) is 2.95. The lowest BCUT2D eigenvalue weighted by Crippen LogP contribution is -2.47. The predicted molar refractivity (Wildman–Crippen MR) is 124 cm³/mol. The molecule has 5 nitrogen and oxygen atoms in total. The monoisotopic (exact) mass is 405 g/mol. The minimum Gasteiger partial charge on any atom is -0.383 e. The van der Waals surface area contributed by atoms with Crippen LogP contribution in [0.2, 0.25) is 0 Å². The number of hydrogen-bond donors (Lipinski definition) is 2. The molecule has 2 aromatic carbocycles. The fourth-order valence-electron chi connectivity index (χ4n) is 4.15. The summed E-state index contributed by atoms with van der Waals surface area (Å²) in [5.74, 6) is 1.00. The number of benzene rings is 2. The fourth-order valence-corrected chi connectivity index (χ4v) is 4.70. The Kier molecular flexibility index (Phi) is 5.28. The molecule has 0 saturated carbocycles. The van der Waals surface area contributed by atoms with Crippen LogP contribution in [0.4, 0.5) is 16.6 Å². The van der Waals surface area contributed by atoms with Crippen LogP contribution < -0.4 is 16.1 Å². The molecule has 0 bridgehead atoms. The number of nitrogen functional groups attached to an aromatic ring is 1. The quantitative estimate of drug-likeness (QED) is 0.437. The molecule has 0 fully saturated rings. The second-order valence-electron chi connectivity index (χ2n) is 8.26. The van der Waals surface area contributed by atoms with Gasteiger partial charge in [0.2, 0.25) is 5.13 Å². The summed E-state index contributed by atoms with van der Waals surface area (Å²) in [7, 11) is 0. The van der Waals surface area contributed by atoms with E-state index in [0.29, 0.717) is 16.9 Å².